The van der Waals surface area contributed by atoms with E-state index in [1.54, 1.807) is 26.5 Å². The molecule has 0 aliphatic rings. The van der Waals surface area contributed by atoms with Crippen LogP contribution in [0.3, 0.4) is 0 Å². The van der Waals surface area contributed by atoms with E-state index in [4.69, 9.17) is 9.47 Å². The fraction of sp³-hybridized carbons (Fsp3) is 0.636. The fourth-order valence-corrected chi connectivity index (χ4v) is 1.24. The van der Waals surface area contributed by atoms with Gasteiger partial charge in [-0.05, 0) is 6.07 Å². The highest BCUT2D eigenvalue weighted by atomic mass is 16.7. The topological polar surface area (TPSA) is 64.5 Å². The van der Waals surface area contributed by atoms with Crippen molar-refractivity contribution >= 4 is 0 Å². The summed E-state index contributed by atoms with van der Waals surface area (Å²) in [5.74, 6) is 0.576. The number of methoxy groups -OCH3 is 2. The van der Waals surface area contributed by atoms with Crippen LogP contribution in [0.5, 0.6) is 0 Å². The first-order valence-electron chi connectivity index (χ1n) is 5.05. The van der Waals surface area contributed by atoms with Gasteiger partial charge in [-0.3, -0.25) is 0 Å². The largest absolute Gasteiger partial charge is 0.395 e. The van der Waals surface area contributed by atoms with Crippen LogP contribution in [-0.4, -0.2) is 35.9 Å². The summed E-state index contributed by atoms with van der Waals surface area (Å²) in [5, 5.41) is 9.25. The van der Waals surface area contributed by atoms with E-state index in [1.807, 2.05) is 13.8 Å². The Morgan fingerprint density at radius 3 is 2.50 bits per heavy atom. The van der Waals surface area contributed by atoms with Gasteiger partial charge < -0.3 is 14.6 Å². The molecule has 0 amide bonds. The first-order valence-corrected chi connectivity index (χ1v) is 5.05. The van der Waals surface area contributed by atoms with E-state index in [9.17, 15) is 5.11 Å². The molecule has 0 aliphatic heterocycles. The Hall–Kier alpha value is -1.04. The Balaban J connectivity index is 3.03. The molecule has 0 fully saturated rings. The molecule has 0 bridgehead atoms. The molecular formula is C11H18N2O3. The molecule has 1 aromatic heterocycles. The van der Waals surface area contributed by atoms with Crippen molar-refractivity contribution in [1.29, 1.82) is 0 Å². The molecule has 1 heterocycles. The van der Waals surface area contributed by atoms with E-state index in [1.165, 1.54) is 0 Å². The quantitative estimate of drug-likeness (QED) is 0.760. The van der Waals surface area contributed by atoms with Gasteiger partial charge in [0.2, 0.25) is 6.29 Å². The molecule has 5 heteroatoms. The second-order valence-electron chi connectivity index (χ2n) is 4.15. The molecule has 0 saturated heterocycles. The lowest BCUT2D eigenvalue weighted by molar-refractivity contribution is -0.108. The number of hydrogen-bond acceptors (Lipinski definition) is 5. The van der Waals surface area contributed by atoms with Crippen LogP contribution in [-0.2, 0) is 14.9 Å². The second kappa shape index (κ2) is 5.34. The lowest BCUT2D eigenvalue weighted by Gasteiger charge is -2.21. The predicted molar refractivity (Wildman–Crippen MR) is 58.9 cm³/mol. The maximum absolute atomic E-state index is 9.25. The number of rotatable bonds is 5. The van der Waals surface area contributed by atoms with E-state index in [-0.39, 0.29) is 6.61 Å². The molecule has 90 valence electrons. The molecule has 0 radical (unpaired) electrons. The van der Waals surface area contributed by atoms with Gasteiger partial charge in [0.15, 0.2) is 0 Å². The smallest absolute Gasteiger partial charge is 0.200 e. The molecule has 1 aromatic rings. The lowest BCUT2D eigenvalue weighted by Crippen LogP contribution is -2.26. The minimum absolute atomic E-state index is 0.0128. The predicted octanol–water partition coefficient (Wildman–Crippen LogP) is 1.04. The summed E-state index contributed by atoms with van der Waals surface area (Å²) in [4.78, 5) is 8.49. The highest BCUT2D eigenvalue weighted by Gasteiger charge is 2.24. The zero-order valence-electron chi connectivity index (χ0n) is 10.1. The SMILES string of the molecule is COC(OC)c1ccnc(C(C)(C)CO)n1. The minimum Gasteiger partial charge on any atom is -0.395 e. The van der Waals surface area contributed by atoms with Gasteiger partial charge in [-0.1, -0.05) is 13.8 Å². The van der Waals surface area contributed by atoms with Gasteiger partial charge in [0, 0.05) is 25.8 Å². The van der Waals surface area contributed by atoms with Crippen molar-refractivity contribution in [1.82, 2.24) is 9.97 Å². The lowest BCUT2D eigenvalue weighted by atomic mass is 9.94. The van der Waals surface area contributed by atoms with E-state index in [0.29, 0.717) is 11.5 Å². The number of ether oxygens (including phenoxy) is 2. The standard InChI is InChI=1S/C11H18N2O3/c1-11(2,7-14)10-12-6-5-8(13-10)9(15-3)16-4/h5-6,9,14H,7H2,1-4H3. The second-order valence-corrected chi connectivity index (χ2v) is 4.15. The summed E-state index contributed by atoms with van der Waals surface area (Å²) in [6, 6.07) is 1.73. The molecule has 0 unspecified atom stereocenters. The number of aromatic nitrogens is 2. The number of hydrogen-bond donors (Lipinski definition) is 1. The summed E-state index contributed by atoms with van der Waals surface area (Å²) in [6.45, 7) is 3.74. The van der Waals surface area contributed by atoms with Gasteiger partial charge in [0.05, 0.1) is 12.3 Å². The zero-order chi connectivity index (χ0) is 12.2. The van der Waals surface area contributed by atoms with Crippen molar-refractivity contribution in [3.05, 3.63) is 23.8 Å². The Morgan fingerprint density at radius 2 is 2.00 bits per heavy atom. The maximum atomic E-state index is 9.25. The number of aliphatic hydroxyl groups is 1. The fourth-order valence-electron chi connectivity index (χ4n) is 1.24. The third-order valence-electron chi connectivity index (χ3n) is 2.35. The van der Waals surface area contributed by atoms with Gasteiger partial charge in [0.25, 0.3) is 0 Å². The zero-order valence-corrected chi connectivity index (χ0v) is 10.1. The summed E-state index contributed by atoms with van der Waals surface area (Å²) in [6.07, 6.45) is 1.14. The third-order valence-corrected chi connectivity index (χ3v) is 2.35. The van der Waals surface area contributed by atoms with Gasteiger partial charge in [-0.15, -0.1) is 0 Å². The van der Waals surface area contributed by atoms with Crippen LogP contribution in [0.4, 0.5) is 0 Å². The first-order chi connectivity index (χ1) is 7.55. The van der Waals surface area contributed by atoms with Gasteiger partial charge >= 0.3 is 0 Å². The number of nitrogens with zero attached hydrogens (tertiary/aromatic N) is 2. The van der Waals surface area contributed by atoms with Crippen LogP contribution < -0.4 is 0 Å². The van der Waals surface area contributed by atoms with E-state index in [0.717, 1.165) is 0 Å². The van der Waals surface area contributed by atoms with Crippen molar-refractivity contribution in [2.24, 2.45) is 0 Å². The Kier molecular flexibility index (Phi) is 4.35. The summed E-state index contributed by atoms with van der Waals surface area (Å²) in [5.41, 5.74) is 0.179. The highest BCUT2D eigenvalue weighted by Crippen LogP contribution is 2.21. The van der Waals surface area contributed by atoms with Crippen LogP contribution in [0.1, 0.15) is 31.7 Å². The molecule has 0 aliphatic carbocycles. The molecular weight excluding hydrogens is 208 g/mol. The Morgan fingerprint density at radius 1 is 1.38 bits per heavy atom. The molecule has 16 heavy (non-hydrogen) atoms. The minimum atomic E-state index is -0.503. The molecule has 0 spiro atoms. The summed E-state index contributed by atoms with van der Waals surface area (Å²) in [7, 11) is 3.10. The van der Waals surface area contributed by atoms with E-state index < -0.39 is 11.7 Å². The maximum Gasteiger partial charge on any atom is 0.200 e. The molecule has 0 atom stereocenters. The van der Waals surface area contributed by atoms with Crippen molar-refractivity contribution < 1.29 is 14.6 Å². The van der Waals surface area contributed by atoms with Crippen molar-refractivity contribution in [3.8, 4) is 0 Å². The van der Waals surface area contributed by atoms with E-state index >= 15 is 0 Å². The van der Waals surface area contributed by atoms with Crippen LogP contribution in [0.15, 0.2) is 12.3 Å². The average molecular weight is 226 g/mol. The molecule has 0 saturated carbocycles. The number of aliphatic hydroxyl groups excluding tert-OH is 1. The third kappa shape index (κ3) is 2.75. The summed E-state index contributed by atoms with van der Waals surface area (Å²) < 4.78 is 10.2. The van der Waals surface area contributed by atoms with Crippen LogP contribution in [0.25, 0.3) is 0 Å². The molecule has 5 nitrogen and oxygen atoms in total. The average Bonchev–Trinajstić information content (AvgIpc) is 2.31. The Labute approximate surface area is 95.4 Å². The molecule has 1 rings (SSSR count). The highest BCUT2D eigenvalue weighted by molar-refractivity contribution is 5.10. The van der Waals surface area contributed by atoms with Crippen molar-refractivity contribution in [2.75, 3.05) is 20.8 Å². The van der Waals surface area contributed by atoms with Gasteiger partial charge in [0.1, 0.15) is 5.82 Å². The molecule has 1 N–H and O–H groups in total. The van der Waals surface area contributed by atoms with Crippen LogP contribution >= 0.6 is 0 Å². The van der Waals surface area contributed by atoms with Gasteiger partial charge in [-0.25, -0.2) is 9.97 Å². The monoisotopic (exact) mass is 226 g/mol. The van der Waals surface area contributed by atoms with E-state index in [2.05, 4.69) is 9.97 Å². The van der Waals surface area contributed by atoms with Crippen LogP contribution in [0.2, 0.25) is 0 Å². The Bertz CT molecular complexity index is 338. The van der Waals surface area contributed by atoms with Crippen molar-refractivity contribution in [3.63, 3.8) is 0 Å². The van der Waals surface area contributed by atoms with Crippen LogP contribution in [0, 0.1) is 0 Å². The summed E-state index contributed by atoms with van der Waals surface area (Å²) >= 11 is 0. The first kappa shape index (κ1) is 13.0. The molecule has 0 aromatic carbocycles. The van der Waals surface area contributed by atoms with Gasteiger partial charge in [-0.2, -0.15) is 0 Å². The normalized spacial score (nSPS) is 12.1. The van der Waals surface area contributed by atoms with Crippen molar-refractivity contribution in [2.45, 2.75) is 25.6 Å².